The zero-order valence-electron chi connectivity index (χ0n) is 14.9. The minimum atomic E-state index is -0.106. The van der Waals surface area contributed by atoms with E-state index in [2.05, 4.69) is 43.8 Å². The first-order valence-corrected chi connectivity index (χ1v) is 9.76. The third kappa shape index (κ3) is 4.50. The van der Waals surface area contributed by atoms with Crippen LogP contribution in [0.3, 0.4) is 0 Å². The molecule has 0 atom stereocenters. The van der Waals surface area contributed by atoms with Crippen LogP contribution in [0.25, 0.3) is 11.4 Å². The number of rotatable bonds is 4. The quantitative estimate of drug-likeness (QED) is 0.753. The van der Waals surface area contributed by atoms with Crippen LogP contribution < -0.4 is 5.32 Å². The van der Waals surface area contributed by atoms with Gasteiger partial charge in [-0.1, -0.05) is 60.7 Å². The predicted molar refractivity (Wildman–Crippen MR) is 108 cm³/mol. The van der Waals surface area contributed by atoms with E-state index >= 15 is 0 Å². The third-order valence-corrected chi connectivity index (χ3v) is 5.21. The third-order valence-electron chi connectivity index (χ3n) is 4.58. The molecule has 3 aromatic rings. The molecular weight excluding hydrogens is 358 g/mol. The van der Waals surface area contributed by atoms with Gasteiger partial charge in [0.15, 0.2) is 5.82 Å². The maximum atomic E-state index is 12.5. The summed E-state index contributed by atoms with van der Waals surface area (Å²) in [5.74, 6) is 0.642. The lowest BCUT2D eigenvalue weighted by Gasteiger charge is -2.34. The summed E-state index contributed by atoms with van der Waals surface area (Å²) < 4.78 is 4.33. The topological polar surface area (TPSA) is 61.4 Å². The van der Waals surface area contributed by atoms with Gasteiger partial charge in [0, 0.05) is 49.8 Å². The van der Waals surface area contributed by atoms with Crippen LogP contribution in [0.1, 0.15) is 5.56 Å². The van der Waals surface area contributed by atoms with Crippen molar-refractivity contribution in [3.63, 3.8) is 0 Å². The first-order chi connectivity index (χ1) is 13.3. The van der Waals surface area contributed by atoms with Gasteiger partial charge >= 0.3 is 6.03 Å². The number of aromatic nitrogens is 2. The van der Waals surface area contributed by atoms with E-state index in [4.69, 9.17) is 0 Å². The Morgan fingerprint density at radius 3 is 2.33 bits per heavy atom. The lowest BCUT2D eigenvalue weighted by molar-refractivity contribution is 0.143. The zero-order chi connectivity index (χ0) is 18.5. The molecule has 2 aromatic carbocycles. The van der Waals surface area contributed by atoms with Crippen LogP contribution in [0.5, 0.6) is 0 Å². The molecule has 2 heterocycles. The average molecular weight is 379 g/mol. The second-order valence-corrected chi connectivity index (χ2v) is 7.22. The van der Waals surface area contributed by atoms with E-state index in [1.807, 2.05) is 41.3 Å². The molecule has 0 radical (unpaired) electrons. The van der Waals surface area contributed by atoms with E-state index in [0.29, 0.717) is 24.0 Å². The second-order valence-electron chi connectivity index (χ2n) is 6.47. The number of carbonyl (C=O) groups is 1. The fraction of sp³-hybridized carbons (Fsp3) is 0.250. The molecule has 4 rings (SSSR count). The monoisotopic (exact) mass is 379 g/mol. The number of amides is 2. The minimum Gasteiger partial charge on any atom is -0.322 e. The molecule has 27 heavy (non-hydrogen) atoms. The minimum absolute atomic E-state index is 0.106. The van der Waals surface area contributed by atoms with E-state index in [-0.39, 0.29) is 6.03 Å². The molecule has 1 saturated heterocycles. The van der Waals surface area contributed by atoms with Crippen molar-refractivity contribution in [2.75, 3.05) is 31.5 Å². The summed E-state index contributed by atoms with van der Waals surface area (Å²) in [7, 11) is 0. The maximum Gasteiger partial charge on any atom is 0.323 e. The van der Waals surface area contributed by atoms with Gasteiger partial charge in [0.25, 0.3) is 0 Å². The summed E-state index contributed by atoms with van der Waals surface area (Å²) >= 11 is 1.21. The van der Waals surface area contributed by atoms with Gasteiger partial charge in [-0.2, -0.15) is 9.36 Å². The predicted octanol–water partition coefficient (Wildman–Crippen LogP) is 3.55. The first kappa shape index (κ1) is 17.6. The van der Waals surface area contributed by atoms with Crippen LogP contribution in [-0.2, 0) is 6.54 Å². The van der Waals surface area contributed by atoms with Crippen molar-refractivity contribution in [3.8, 4) is 11.4 Å². The van der Waals surface area contributed by atoms with Crippen LogP contribution in [0.2, 0.25) is 0 Å². The number of hydrogen-bond acceptors (Lipinski definition) is 5. The number of urea groups is 1. The van der Waals surface area contributed by atoms with Crippen LogP contribution in [0, 0.1) is 0 Å². The Morgan fingerprint density at radius 2 is 1.63 bits per heavy atom. The largest absolute Gasteiger partial charge is 0.323 e. The van der Waals surface area contributed by atoms with Gasteiger partial charge in [-0.05, 0) is 5.56 Å². The van der Waals surface area contributed by atoms with Crippen molar-refractivity contribution >= 4 is 22.7 Å². The van der Waals surface area contributed by atoms with Crippen molar-refractivity contribution in [3.05, 3.63) is 66.2 Å². The first-order valence-electron chi connectivity index (χ1n) is 8.99. The summed E-state index contributed by atoms with van der Waals surface area (Å²) in [6.45, 7) is 4.08. The summed E-state index contributed by atoms with van der Waals surface area (Å²) in [5, 5.41) is 3.41. The smallest absolute Gasteiger partial charge is 0.322 e. The Morgan fingerprint density at radius 1 is 0.963 bits per heavy atom. The number of anilines is 1. The molecule has 2 amide bonds. The fourth-order valence-corrected chi connectivity index (χ4v) is 3.68. The molecular formula is C20H21N5OS. The molecule has 7 heteroatoms. The van der Waals surface area contributed by atoms with Gasteiger partial charge in [0.2, 0.25) is 5.13 Å². The van der Waals surface area contributed by atoms with Crippen LogP contribution in [-0.4, -0.2) is 51.4 Å². The SMILES string of the molecule is O=C(Nc1nc(-c2ccccc2)ns1)N1CCN(Cc2ccccc2)CC1. The number of piperazine rings is 1. The van der Waals surface area contributed by atoms with Crippen molar-refractivity contribution in [2.45, 2.75) is 6.54 Å². The summed E-state index contributed by atoms with van der Waals surface area (Å²) in [4.78, 5) is 21.1. The van der Waals surface area contributed by atoms with E-state index < -0.39 is 0 Å². The van der Waals surface area contributed by atoms with E-state index in [0.717, 1.165) is 25.2 Å². The van der Waals surface area contributed by atoms with E-state index in [1.165, 1.54) is 17.1 Å². The Hall–Kier alpha value is -2.77. The molecule has 0 bridgehead atoms. The molecule has 0 saturated carbocycles. The molecule has 1 aliphatic heterocycles. The maximum absolute atomic E-state index is 12.5. The van der Waals surface area contributed by atoms with Gasteiger partial charge < -0.3 is 4.90 Å². The van der Waals surface area contributed by atoms with Gasteiger partial charge in [-0.15, -0.1) is 0 Å². The number of nitrogens with one attached hydrogen (secondary N) is 1. The summed E-state index contributed by atoms with van der Waals surface area (Å²) in [6.07, 6.45) is 0. The number of hydrogen-bond donors (Lipinski definition) is 1. The Bertz CT molecular complexity index is 876. The van der Waals surface area contributed by atoms with Gasteiger partial charge in [0.1, 0.15) is 0 Å². The van der Waals surface area contributed by atoms with Gasteiger partial charge in [0.05, 0.1) is 0 Å². The van der Waals surface area contributed by atoms with Crippen LogP contribution in [0.15, 0.2) is 60.7 Å². The fourth-order valence-electron chi connectivity index (χ4n) is 3.10. The highest BCUT2D eigenvalue weighted by molar-refractivity contribution is 7.10. The molecule has 1 fully saturated rings. The van der Waals surface area contributed by atoms with Crippen molar-refractivity contribution < 1.29 is 4.79 Å². The normalized spacial score (nSPS) is 14.9. The average Bonchev–Trinajstić information content (AvgIpc) is 3.18. The highest BCUT2D eigenvalue weighted by Crippen LogP contribution is 2.21. The highest BCUT2D eigenvalue weighted by atomic mass is 32.1. The van der Waals surface area contributed by atoms with Crippen molar-refractivity contribution in [1.29, 1.82) is 0 Å². The molecule has 1 N–H and O–H groups in total. The number of nitrogens with zero attached hydrogens (tertiary/aromatic N) is 4. The molecule has 6 nitrogen and oxygen atoms in total. The van der Waals surface area contributed by atoms with Crippen molar-refractivity contribution in [1.82, 2.24) is 19.2 Å². The molecule has 1 aliphatic rings. The van der Waals surface area contributed by atoms with Crippen LogP contribution >= 0.6 is 11.5 Å². The molecule has 138 valence electrons. The Labute approximate surface area is 162 Å². The van der Waals surface area contributed by atoms with E-state index in [9.17, 15) is 4.79 Å². The van der Waals surface area contributed by atoms with E-state index in [1.54, 1.807) is 0 Å². The Balaban J connectivity index is 1.29. The molecule has 1 aromatic heterocycles. The molecule has 0 aliphatic carbocycles. The summed E-state index contributed by atoms with van der Waals surface area (Å²) in [6, 6.07) is 20.1. The number of carbonyl (C=O) groups excluding carboxylic acids is 1. The molecule has 0 unspecified atom stereocenters. The Kier molecular flexibility index (Phi) is 5.41. The summed E-state index contributed by atoms with van der Waals surface area (Å²) in [5.41, 5.74) is 2.25. The zero-order valence-corrected chi connectivity index (χ0v) is 15.7. The van der Waals surface area contributed by atoms with Crippen molar-refractivity contribution in [2.24, 2.45) is 0 Å². The van der Waals surface area contributed by atoms with Crippen LogP contribution in [0.4, 0.5) is 9.93 Å². The second kappa shape index (κ2) is 8.28. The lowest BCUT2D eigenvalue weighted by Crippen LogP contribution is -2.49. The lowest BCUT2D eigenvalue weighted by atomic mass is 10.2. The standard InChI is InChI=1S/C20H21N5OS/c26-20(22-19-21-18(23-27-19)17-9-5-2-6-10-17)25-13-11-24(12-14-25)15-16-7-3-1-4-8-16/h1-10H,11-15H2,(H,21,22,23,26). The molecule has 0 spiro atoms. The van der Waals surface area contributed by atoms with Gasteiger partial charge in [-0.25, -0.2) is 4.79 Å². The highest BCUT2D eigenvalue weighted by Gasteiger charge is 2.22. The number of benzene rings is 2. The van der Waals surface area contributed by atoms with Gasteiger partial charge in [-0.3, -0.25) is 10.2 Å².